The van der Waals surface area contributed by atoms with E-state index in [0.717, 1.165) is 0 Å². The first kappa shape index (κ1) is 30.7. The van der Waals surface area contributed by atoms with Crippen molar-refractivity contribution in [1.82, 2.24) is 16.0 Å². The molecule has 0 heterocycles. The zero-order valence-corrected chi connectivity index (χ0v) is 18.3. The van der Waals surface area contributed by atoms with E-state index in [4.69, 9.17) is 31.9 Å². The van der Waals surface area contributed by atoms with E-state index in [1.54, 1.807) is 0 Å². The van der Waals surface area contributed by atoms with Gasteiger partial charge in [0.05, 0.1) is 18.9 Å². The summed E-state index contributed by atoms with van der Waals surface area (Å²) in [6.45, 7) is 0. The van der Waals surface area contributed by atoms with Gasteiger partial charge in [-0.15, -0.1) is 0 Å². The Labute approximate surface area is 197 Å². The minimum atomic E-state index is -1.79. The number of carbonyl (C=O) groups excluding carboxylic acids is 4. The molecular weight excluding hydrogens is 478 g/mol. The Hall–Kier alpha value is -4.28. The van der Waals surface area contributed by atoms with Gasteiger partial charge in [-0.25, -0.2) is 4.79 Å². The zero-order valence-electron chi connectivity index (χ0n) is 18.3. The lowest BCUT2D eigenvalue weighted by atomic mass is 10.1. The summed E-state index contributed by atoms with van der Waals surface area (Å²) >= 11 is 0. The second-order valence-electron chi connectivity index (χ2n) is 7.26. The van der Waals surface area contributed by atoms with Crippen LogP contribution >= 0.6 is 0 Å². The number of hydrogen-bond acceptors (Lipinski definition) is 9. The molecule has 17 heteroatoms. The molecule has 4 amide bonds. The minimum absolute atomic E-state index is 0.514. The van der Waals surface area contributed by atoms with Gasteiger partial charge >= 0.3 is 23.9 Å². The van der Waals surface area contributed by atoms with Gasteiger partial charge in [0, 0.05) is 12.8 Å². The maximum atomic E-state index is 12.7. The number of hydrogen-bond donors (Lipinski definition) is 9. The highest BCUT2D eigenvalue weighted by molar-refractivity contribution is 5.95. The van der Waals surface area contributed by atoms with Crippen LogP contribution in [0.15, 0.2) is 0 Å². The van der Waals surface area contributed by atoms with Crippen molar-refractivity contribution in [3.05, 3.63) is 0 Å². The maximum absolute atomic E-state index is 12.7. The molecule has 0 radical (unpaired) electrons. The van der Waals surface area contributed by atoms with Crippen molar-refractivity contribution in [1.29, 1.82) is 0 Å². The summed E-state index contributed by atoms with van der Waals surface area (Å²) in [5.41, 5.74) is 10.3. The molecule has 11 N–H and O–H groups in total. The number of primary amides is 1. The van der Waals surface area contributed by atoms with Gasteiger partial charge in [0.25, 0.3) is 0 Å². The van der Waals surface area contributed by atoms with Crippen LogP contribution < -0.4 is 27.4 Å². The third kappa shape index (κ3) is 13.1. The third-order valence-electron chi connectivity index (χ3n) is 4.31. The topological polar surface area (TPSA) is 306 Å². The van der Waals surface area contributed by atoms with E-state index < -0.39 is 110 Å². The van der Waals surface area contributed by atoms with E-state index in [2.05, 4.69) is 10.6 Å². The average Bonchev–Trinajstić information content (AvgIpc) is 2.71. The Morgan fingerprint density at radius 1 is 0.600 bits per heavy atom. The van der Waals surface area contributed by atoms with Crippen LogP contribution in [-0.2, 0) is 38.4 Å². The van der Waals surface area contributed by atoms with Gasteiger partial charge in [-0.1, -0.05) is 0 Å². The Kier molecular flexibility index (Phi) is 13.0. The van der Waals surface area contributed by atoms with Crippen LogP contribution in [0.5, 0.6) is 0 Å². The van der Waals surface area contributed by atoms with Crippen LogP contribution in [0.4, 0.5) is 0 Å². The normalized spacial score (nSPS) is 13.9. The molecule has 0 aromatic heterocycles. The molecule has 196 valence electrons. The smallest absolute Gasteiger partial charge is 0.326 e. The summed E-state index contributed by atoms with van der Waals surface area (Å²) in [5, 5.41) is 41.7. The van der Waals surface area contributed by atoms with Gasteiger partial charge in [0.15, 0.2) is 0 Å². The summed E-state index contributed by atoms with van der Waals surface area (Å²) in [5.74, 6) is -10.3. The number of carbonyl (C=O) groups is 8. The standard InChI is InChI=1S/C18H27N5O12/c19-7(5-14(29)30)15(31)21-8(1-3-12(25)26)16(32)22-9(2-4-13(27)28)17(33)23-10(18(34)35)6-11(20)24/h7-10H,1-6,19H2,(H2,20,24)(H,21,31)(H,22,32)(H,23,33)(H,25,26)(H,27,28)(H,29,30)(H,34,35). The van der Waals surface area contributed by atoms with E-state index >= 15 is 0 Å². The molecule has 0 aliphatic heterocycles. The molecule has 4 unspecified atom stereocenters. The third-order valence-corrected chi connectivity index (χ3v) is 4.31. The highest BCUT2D eigenvalue weighted by atomic mass is 16.4. The number of carboxylic acids is 4. The van der Waals surface area contributed by atoms with Crippen LogP contribution in [-0.4, -0.2) is 92.1 Å². The number of amides is 4. The van der Waals surface area contributed by atoms with Gasteiger partial charge < -0.3 is 47.8 Å². The summed E-state index contributed by atoms with van der Waals surface area (Å²) in [6, 6.07) is -6.69. The van der Waals surface area contributed by atoms with Crippen molar-refractivity contribution in [2.24, 2.45) is 11.5 Å². The first-order valence-electron chi connectivity index (χ1n) is 9.97. The highest BCUT2D eigenvalue weighted by Gasteiger charge is 2.31. The average molecular weight is 505 g/mol. The lowest BCUT2D eigenvalue weighted by Gasteiger charge is -2.24. The fraction of sp³-hybridized carbons (Fsp3) is 0.556. The molecule has 0 aromatic rings. The summed E-state index contributed by atoms with van der Waals surface area (Å²) in [4.78, 5) is 92.1. The molecule has 0 bridgehead atoms. The first-order chi connectivity index (χ1) is 16.1. The van der Waals surface area contributed by atoms with E-state index in [0.29, 0.717) is 0 Å². The van der Waals surface area contributed by atoms with E-state index in [1.807, 2.05) is 5.32 Å². The SMILES string of the molecule is NC(=O)CC(NC(=O)C(CCC(=O)O)NC(=O)C(CCC(=O)O)NC(=O)C(N)CC(=O)O)C(=O)O. The van der Waals surface area contributed by atoms with Crippen LogP contribution in [0.1, 0.15) is 38.5 Å². The summed E-state index contributed by atoms with van der Waals surface area (Å²) in [6.07, 6.45) is -3.98. The molecule has 0 aliphatic rings. The number of aliphatic carboxylic acids is 4. The number of rotatable bonds is 17. The van der Waals surface area contributed by atoms with Crippen LogP contribution in [0, 0.1) is 0 Å². The summed E-state index contributed by atoms with van der Waals surface area (Å²) in [7, 11) is 0. The fourth-order valence-electron chi connectivity index (χ4n) is 2.58. The zero-order chi connectivity index (χ0) is 27.3. The first-order valence-corrected chi connectivity index (χ1v) is 9.97. The Morgan fingerprint density at radius 3 is 1.34 bits per heavy atom. The minimum Gasteiger partial charge on any atom is -0.481 e. The number of carboxylic acid groups (broad SMARTS) is 4. The molecule has 0 saturated heterocycles. The van der Waals surface area contributed by atoms with Crippen molar-refractivity contribution < 1.29 is 58.8 Å². The largest absolute Gasteiger partial charge is 0.481 e. The summed E-state index contributed by atoms with van der Waals surface area (Å²) < 4.78 is 0. The van der Waals surface area contributed by atoms with Crippen molar-refractivity contribution in [2.45, 2.75) is 62.7 Å². The van der Waals surface area contributed by atoms with Crippen molar-refractivity contribution >= 4 is 47.5 Å². The van der Waals surface area contributed by atoms with E-state index in [1.165, 1.54) is 0 Å². The second kappa shape index (κ2) is 14.8. The Balaban J connectivity index is 5.67. The van der Waals surface area contributed by atoms with Crippen LogP contribution in [0.2, 0.25) is 0 Å². The fourth-order valence-corrected chi connectivity index (χ4v) is 2.58. The van der Waals surface area contributed by atoms with Crippen LogP contribution in [0.25, 0.3) is 0 Å². The van der Waals surface area contributed by atoms with Crippen molar-refractivity contribution in [3.8, 4) is 0 Å². The lowest BCUT2D eigenvalue weighted by molar-refractivity contribution is -0.144. The Morgan fingerprint density at radius 2 is 1.00 bits per heavy atom. The molecule has 0 fully saturated rings. The van der Waals surface area contributed by atoms with Crippen LogP contribution in [0.3, 0.4) is 0 Å². The van der Waals surface area contributed by atoms with Crippen molar-refractivity contribution in [3.63, 3.8) is 0 Å². The van der Waals surface area contributed by atoms with Gasteiger partial charge in [-0.2, -0.15) is 0 Å². The number of nitrogens with two attached hydrogens (primary N) is 2. The van der Waals surface area contributed by atoms with E-state index in [9.17, 15) is 38.4 Å². The van der Waals surface area contributed by atoms with Crippen molar-refractivity contribution in [2.75, 3.05) is 0 Å². The highest BCUT2D eigenvalue weighted by Crippen LogP contribution is 2.05. The molecule has 35 heavy (non-hydrogen) atoms. The van der Waals surface area contributed by atoms with E-state index in [-0.39, 0.29) is 0 Å². The predicted molar refractivity (Wildman–Crippen MR) is 111 cm³/mol. The number of nitrogens with one attached hydrogen (secondary N) is 3. The molecule has 17 nitrogen and oxygen atoms in total. The molecule has 0 aliphatic carbocycles. The lowest BCUT2D eigenvalue weighted by Crippen LogP contribution is -2.57. The van der Waals surface area contributed by atoms with Gasteiger partial charge in [0.1, 0.15) is 18.1 Å². The van der Waals surface area contributed by atoms with Gasteiger partial charge in [0.2, 0.25) is 23.6 Å². The Bertz CT molecular complexity index is 861. The molecular formula is C18H27N5O12. The van der Waals surface area contributed by atoms with Gasteiger partial charge in [-0.05, 0) is 12.8 Å². The predicted octanol–water partition coefficient (Wildman–Crippen LogP) is -4.07. The van der Waals surface area contributed by atoms with Gasteiger partial charge in [-0.3, -0.25) is 33.6 Å². The maximum Gasteiger partial charge on any atom is 0.326 e. The molecule has 0 spiro atoms. The second-order valence-corrected chi connectivity index (χ2v) is 7.26. The molecule has 0 rings (SSSR count). The molecule has 0 saturated carbocycles. The quantitative estimate of drug-likeness (QED) is 0.0909. The molecule has 0 aromatic carbocycles. The molecule has 4 atom stereocenters. The monoisotopic (exact) mass is 505 g/mol.